The van der Waals surface area contributed by atoms with Gasteiger partial charge in [0.05, 0.1) is 10.3 Å². The number of nitro benzene ring substituents is 1. The Bertz CT molecular complexity index is 1200. The molecule has 3 heterocycles. The fraction of sp³-hybridized carbons (Fsp3) is 0.316. The lowest BCUT2D eigenvalue weighted by Crippen LogP contribution is -2.00. The largest absolute Gasteiger partial charge is 0.478 e. The molecule has 0 saturated carbocycles. The van der Waals surface area contributed by atoms with Gasteiger partial charge in [-0.05, 0) is 37.3 Å². The van der Waals surface area contributed by atoms with Gasteiger partial charge in [-0.2, -0.15) is 0 Å². The van der Waals surface area contributed by atoms with Crippen LogP contribution in [0.25, 0.3) is 15.9 Å². The van der Waals surface area contributed by atoms with Gasteiger partial charge in [-0.25, -0.2) is 14.5 Å². The lowest BCUT2D eigenvalue weighted by molar-refractivity contribution is -0.385. The van der Waals surface area contributed by atoms with E-state index in [4.69, 9.17) is 4.74 Å². The SMILES string of the molecule is O=[N+]([O-])c1ccccc1OCc1nc2c3c4c(sc3ncn2n1)CCCCC4. The highest BCUT2D eigenvalue weighted by atomic mass is 32.1. The van der Waals surface area contributed by atoms with Crippen LogP contribution in [0, 0.1) is 10.1 Å². The number of thiophene rings is 1. The summed E-state index contributed by atoms with van der Waals surface area (Å²) in [5.41, 5.74) is 2.07. The second-order valence-corrected chi connectivity index (χ2v) is 7.88. The van der Waals surface area contributed by atoms with E-state index in [2.05, 4.69) is 15.1 Å². The molecule has 0 atom stereocenters. The summed E-state index contributed by atoms with van der Waals surface area (Å²) in [6.07, 6.45) is 7.48. The zero-order valence-electron chi connectivity index (χ0n) is 15.0. The van der Waals surface area contributed by atoms with Crippen LogP contribution in [-0.2, 0) is 19.4 Å². The lowest BCUT2D eigenvalue weighted by Gasteiger charge is -2.03. The molecule has 142 valence electrons. The van der Waals surface area contributed by atoms with Gasteiger partial charge in [-0.3, -0.25) is 10.1 Å². The molecule has 9 heteroatoms. The molecule has 0 N–H and O–H groups in total. The standard InChI is InChI=1S/C19H17N5O3S/c25-24(26)13-7-4-5-8-14(13)27-10-16-21-18-17-12-6-2-1-3-9-15(12)28-19(17)20-11-23(18)22-16/h4-5,7-8,11H,1-3,6,9-10H2. The Balaban J connectivity index is 1.51. The number of aromatic nitrogens is 4. The van der Waals surface area contributed by atoms with Gasteiger partial charge >= 0.3 is 5.69 Å². The average Bonchev–Trinajstić information content (AvgIpc) is 3.19. The van der Waals surface area contributed by atoms with Crippen LogP contribution in [0.5, 0.6) is 5.75 Å². The number of ether oxygens (including phenoxy) is 1. The number of fused-ring (bicyclic) bond motifs is 5. The van der Waals surface area contributed by atoms with Crippen molar-refractivity contribution in [1.29, 1.82) is 0 Å². The maximum Gasteiger partial charge on any atom is 0.310 e. The second kappa shape index (κ2) is 6.83. The van der Waals surface area contributed by atoms with Crippen molar-refractivity contribution < 1.29 is 9.66 Å². The molecule has 0 bridgehead atoms. The zero-order chi connectivity index (χ0) is 19.1. The minimum absolute atomic E-state index is 0.0559. The molecule has 5 rings (SSSR count). The molecule has 0 radical (unpaired) electrons. The summed E-state index contributed by atoms with van der Waals surface area (Å²) in [5, 5.41) is 16.7. The molecule has 8 nitrogen and oxygen atoms in total. The molecule has 1 aliphatic rings. The van der Waals surface area contributed by atoms with E-state index in [-0.39, 0.29) is 18.0 Å². The monoisotopic (exact) mass is 395 g/mol. The second-order valence-electron chi connectivity index (χ2n) is 6.80. The first-order valence-electron chi connectivity index (χ1n) is 9.21. The lowest BCUT2D eigenvalue weighted by atomic mass is 10.1. The van der Waals surface area contributed by atoms with Crippen molar-refractivity contribution in [2.75, 3.05) is 0 Å². The fourth-order valence-corrected chi connectivity index (χ4v) is 4.93. The Hall–Kier alpha value is -3.07. The molecular formula is C19H17N5O3S. The molecule has 1 aromatic carbocycles. The third-order valence-electron chi connectivity index (χ3n) is 5.00. The third-order valence-corrected chi connectivity index (χ3v) is 6.20. The van der Waals surface area contributed by atoms with E-state index < -0.39 is 4.92 Å². The van der Waals surface area contributed by atoms with E-state index in [0.717, 1.165) is 28.7 Å². The Morgan fingerprint density at radius 3 is 2.96 bits per heavy atom. The van der Waals surface area contributed by atoms with Gasteiger partial charge in [0.2, 0.25) is 0 Å². The Morgan fingerprint density at radius 2 is 2.07 bits per heavy atom. The topological polar surface area (TPSA) is 95.5 Å². The van der Waals surface area contributed by atoms with E-state index in [1.54, 1.807) is 40.4 Å². The molecule has 0 fully saturated rings. The van der Waals surface area contributed by atoms with E-state index in [9.17, 15) is 10.1 Å². The van der Waals surface area contributed by atoms with Gasteiger partial charge in [0, 0.05) is 10.9 Å². The van der Waals surface area contributed by atoms with Crippen LogP contribution in [0.2, 0.25) is 0 Å². The summed E-state index contributed by atoms with van der Waals surface area (Å²) in [6.45, 7) is 0.0559. The highest BCUT2D eigenvalue weighted by Crippen LogP contribution is 2.36. The molecular weight excluding hydrogens is 378 g/mol. The molecule has 0 aliphatic heterocycles. The van der Waals surface area contributed by atoms with Crippen molar-refractivity contribution in [3.63, 3.8) is 0 Å². The van der Waals surface area contributed by atoms with Crippen LogP contribution in [0.3, 0.4) is 0 Å². The van der Waals surface area contributed by atoms with Crippen molar-refractivity contribution in [2.24, 2.45) is 0 Å². The molecule has 28 heavy (non-hydrogen) atoms. The molecule has 0 saturated heterocycles. The van der Waals surface area contributed by atoms with Crippen molar-refractivity contribution in [3.8, 4) is 5.75 Å². The van der Waals surface area contributed by atoms with Crippen LogP contribution < -0.4 is 4.74 Å². The van der Waals surface area contributed by atoms with Crippen molar-refractivity contribution in [3.05, 3.63) is 57.0 Å². The highest BCUT2D eigenvalue weighted by molar-refractivity contribution is 7.19. The molecule has 0 spiro atoms. The van der Waals surface area contributed by atoms with Crippen LogP contribution in [0.15, 0.2) is 30.6 Å². The number of benzene rings is 1. The van der Waals surface area contributed by atoms with Gasteiger partial charge in [-0.15, -0.1) is 16.4 Å². The minimum Gasteiger partial charge on any atom is -0.478 e. The number of nitrogens with zero attached hydrogens (tertiary/aromatic N) is 5. The summed E-state index contributed by atoms with van der Waals surface area (Å²) in [6, 6.07) is 6.30. The summed E-state index contributed by atoms with van der Waals surface area (Å²) >= 11 is 1.75. The number of para-hydroxylation sites is 2. The van der Waals surface area contributed by atoms with Crippen LogP contribution in [0.1, 0.15) is 35.5 Å². The smallest absolute Gasteiger partial charge is 0.310 e. The fourth-order valence-electron chi connectivity index (χ4n) is 3.71. The van der Waals surface area contributed by atoms with Crippen LogP contribution in [-0.4, -0.2) is 24.5 Å². The molecule has 4 aromatic rings. The van der Waals surface area contributed by atoms with Crippen molar-refractivity contribution in [2.45, 2.75) is 38.7 Å². The van der Waals surface area contributed by atoms with Gasteiger partial charge in [0.15, 0.2) is 23.8 Å². The summed E-state index contributed by atoms with van der Waals surface area (Å²) in [4.78, 5) is 22.3. The molecule has 0 unspecified atom stereocenters. The molecule has 0 amide bonds. The quantitative estimate of drug-likeness (QED) is 0.293. The maximum absolute atomic E-state index is 11.1. The predicted molar refractivity (Wildman–Crippen MR) is 105 cm³/mol. The van der Waals surface area contributed by atoms with Crippen LogP contribution >= 0.6 is 11.3 Å². The number of hydrogen-bond acceptors (Lipinski definition) is 7. The van der Waals surface area contributed by atoms with Gasteiger partial charge in [-0.1, -0.05) is 18.6 Å². The summed E-state index contributed by atoms with van der Waals surface area (Å²) in [7, 11) is 0. The first-order chi connectivity index (χ1) is 13.7. The van der Waals surface area contributed by atoms with Crippen molar-refractivity contribution >= 4 is 32.9 Å². The zero-order valence-corrected chi connectivity index (χ0v) is 15.8. The summed E-state index contributed by atoms with van der Waals surface area (Å²) in [5.74, 6) is 0.681. The van der Waals surface area contributed by atoms with Gasteiger partial charge in [0.1, 0.15) is 11.2 Å². The first-order valence-corrected chi connectivity index (χ1v) is 10.0. The minimum atomic E-state index is -0.458. The van der Waals surface area contributed by atoms with Gasteiger partial charge in [0.25, 0.3) is 0 Å². The average molecular weight is 395 g/mol. The Labute approximate surface area is 164 Å². The van der Waals surface area contributed by atoms with Crippen LogP contribution in [0.4, 0.5) is 5.69 Å². The Kier molecular flexibility index (Phi) is 4.16. The molecule has 1 aliphatic carbocycles. The number of hydrogen-bond donors (Lipinski definition) is 0. The number of nitro groups is 1. The van der Waals surface area contributed by atoms with Gasteiger partial charge < -0.3 is 4.74 Å². The maximum atomic E-state index is 11.1. The van der Waals surface area contributed by atoms with E-state index in [1.165, 1.54) is 35.8 Å². The van der Waals surface area contributed by atoms with E-state index >= 15 is 0 Å². The highest BCUT2D eigenvalue weighted by Gasteiger charge is 2.20. The van der Waals surface area contributed by atoms with E-state index in [1.807, 2.05) is 0 Å². The Morgan fingerprint density at radius 1 is 1.21 bits per heavy atom. The van der Waals surface area contributed by atoms with Crippen molar-refractivity contribution in [1.82, 2.24) is 19.6 Å². The molecule has 3 aromatic heterocycles. The predicted octanol–water partition coefficient (Wildman–Crippen LogP) is 4.10. The number of rotatable bonds is 4. The third kappa shape index (κ3) is 2.88. The van der Waals surface area contributed by atoms with E-state index in [0.29, 0.717) is 5.82 Å². The summed E-state index contributed by atoms with van der Waals surface area (Å²) < 4.78 is 7.32. The normalized spacial score (nSPS) is 14.1. The number of aryl methyl sites for hydroxylation is 2. The first kappa shape index (κ1) is 17.1.